The van der Waals surface area contributed by atoms with Crippen molar-refractivity contribution in [3.05, 3.63) is 83.4 Å². The van der Waals surface area contributed by atoms with Crippen molar-refractivity contribution >= 4 is 46.3 Å². The summed E-state index contributed by atoms with van der Waals surface area (Å²) in [6, 6.07) is 18.0. The molecule has 1 fully saturated rings. The highest BCUT2D eigenvalue weighted by Gasteiger charge is 2.39. The van der Waals surface area contributed by atoms with E-state index in [4.69, 9.17) is 4.74 Å². The van der Waals surface area contributed by atoms with Crippen LogP contribution in [0.2, 0.25) is 0 Å². The maximum absolute atomic E-state index is 14.4. The Morgan fingerprint density at radius 3 is 2.27 bits per heavy atom. The topological polar surface area (TPSA) is 134 Å². The third-order valence-electron chi connectivity index (χ3n) is 11.5. The van der Waals surface area contributed by atoms with Crippen molar-refractivity contribution in [2.24, 2.45) is 34.6 Å². The summed E-state index contributed by atoms with van der Waals surface area (Å²) in [7, 11) is 0. The van der Waals surface area contributed by atoms with E-state index in [-0.39, 0.29) is 55.3 Å². The van der Waals surface area contributed by atoms with Crippen LogP contribution in [0.25, 0.3) is 0 Å². The second-order valence-corrected chi connectivity index (χ2v) is 18.8. The van der Waals surface area contributed by atoms with Crippen molar-refractivity contribution in [1.82, 2.24) is 15.5 Å². The number of rotatable bonds is 22. The second kappa shape index (κ2) is 24.1. The number of thioether (sulfide) groups is 1. The van der Waals surface area contributed by atoms with E-state index >= 15 is 0 Å². The first-order valence-electron chi connectivity index (χ1n) is 21.7. The summed E-state index contributed by atoms with van der Waals surface area (Å²) in [5, 5.41) is 6.89. The van der Waals surface area contributed by atoms with Gasteiger partial charge in [0, 0.05) is 37.2 Å². The minimum Gasteiger partial charge on any atom is -0.445 e. The Morgan fingerprint density at radius 1 is 0.949 bits per heavy atom. The molecule has 2 aromatic carbocycles. The molecule has 0 bridgehead atoms. The van der Waals surface area contributed by atoms with Gasteiger partial charge in [0.25, 0.3) is 0 Å². The summed E-state index contributed by atoms with van der Waals surface area (Å²) in [4.78, 5) is 75.3. The van der Waals surface area contributed by atoms with Crippen molar-refractivity contribution in [3.63, 3.8) is 0 Å². The summed E-state index contributed by atoms with van der Waals surface area (Å²) in [6.45, 7) is 16.2. The van der Waals surface area contributed by atoms with E-state index in [1.165, 1.54) is 5.57 Å². The third-order valence-corrected chi connectivity index (χ3v) is 12.7. The third kappa shape index (κ3) is 15.7. The first-order chi connectivity index (χ1) is 28.2. The SMILES string of the molecule is C/C(=C\[C@H](Cc1ccccc1)C(=O)N1CCC[C@H]1C(=O)C[C@H](C(=O)N[C@H](CCCNC(=O)OCc1ccccc1)C(=O)CC1=NCCC(C)S1)C(C)C)[C@@H](C)CC(C)C. The number of ketones is 2. The lowest BCUT2D eigenvalue weighted by Gasteiger charge is -2.30. The average molecular weight is 829 g/mol. The van der Waals surface area contributed by atoms with Gasteiger partial charge in [-0.15, -0.1) is 11.8 Å². The fraction of sp³-hybridized carbons (Fsp3) is 0.583. The molecule has 2 heterocycles. The number of carbonyl (C=O) groups excluding carboxylic acids is 5. The van der Waals surface area contributed by atoms with Crippen LogP contribution >= 0.6 is 11.8 Å². The molecule has 4 rings (SSSR count). The number of likely N-dealkylation sites (tertiary alicyclic amines) is 1. The van der Waals surface area contributed by atoms with Gasteiger partial charge < -0.3 is 20.3 Å². The molecule has 2 aromatic rings. The molecule has 2 aliphatic heterocycles. The van der Waals surface area contributed by atoms with Crippen LogP contribution in [0.1, 0.15) is 111 Å². The lowest BCUT2D eigenvalue weighted by Crippen LogP contribution is -2.48. The fourth-order valence-corrected chi connectivity index (χ4v) is 9.03. The largest absolute Gasteiger partial charge is 0.445 e. The molecule has 10 nitrogen and oxygen atoms in total. The standard InChI is InChI=1S/C48H68N4O6S/c1-32(2)26-34(5)35(6)27-39(28-37-16-10-8-11-17-37)47(56)52-25-15-21-42(52)44(54)29-40(33(3)4)46(55)51-41(43(53)30-45-49-24-22-36(7)59-45)20-14-23-50-48(57)58-31-38-18-12-9-13-19-38/h8-13,16-19,27,32-34,36,39-42H,14-15,20-26,28-31H2,1-7H3,(H,50,57)(H,51,55)/b35-27+/t34-,36?,39+,40-,41+,42-/m0/s1. The highest BCUT2D eigenvalue weighted by molar-refractivity contribution is 8.14. The van der Waals surface area contributed by atoms with Gasteiger partial charge in [0.2, 0.25) is 11.8 Å². The zero-order chi connectivity index (χ0) is 42.9. The normalized spacial score (nSPS) is 19.1. The predicted octanol–water partition coefficient (Wildman–Crippen LogP) is 8.77. The van der Waals surface area contributed by atoms with Crippen LogP contribution in [0.5, 0.6) is 0 Å². The van der Waals surface area contributed by atoms with Crippen molar-refractivity contribution < 1.29 is 28.7 Å². The highest BCUT2D eigenvalue weighted by atomic mass is 32.2. The molecule has 0 aromatic heterocycles. The van der Waals surface area contributed by atoms with Gasteiger partial charge in [0.1, 0.15) is 6.61 Å². The van der Waals surface area contributed by atoms with Crippen molar-refractivity contribution in [2.45, 2.75) is 130 Å². The molecule has 2 N–H and O–H groups in total. The number of aliphatic imine (C=N–C) groups is 1. The van der Waals surface area contributed by atoms with Crippen molar-refractivity contribution in [3.8, 4) is 0 Å². The molecule has 59 heavy (non-hydrogen) atoms. The summed E-state index contributed by atoms with van der Waals surface area (Å²) >= 11 is 1.59. The van der Waals surface area contributed by atoms with E-state index in [0.717, 1.165) is 35.4 Å². The fourth-order valence-electron chi connectivity index (χ4n) is 7.95. The monoisotopic (exact) mass is 828 g/mol. The molecular formula is C48H68N4O6S. The second-order valence-electron chi connectivity index (χ2n) is 17.3. The molecular weight excluding hydrogens is 761 g/mol. The molecule has 2 aliphatic rings. The van der Waals surface area contributed by atoms with Crippen LogP contribution in [0.15, 0.2) is 77.3 Å². The molecule has 1 unspecified atom stereocenters. The van der Waals surface area contributed by atoms with Gasteiger partial charge in [-0.3, -0.25) is 24.2 Å². The predicted molar refractivity (Wildman–Crippen MR) is 238 cm³/mol. The van der Waals surface area contributed by atoms with Gasteiger partial charge in [0.15, 0.2) is 11.6 Å². The number of benzene rings is 2. The van der Waals surface area contributed by atoms with Crippen LogP contribution in [0, 0.1) is 29.6 Å². The Balaban J connectivity index is 1.44. The maximum Gasteiger partial charge on any atom is 0.407 e. The number of amides is 3. The molecule has 322 valence electrons. The quantitative estimate of drug-likeness (QED) is 0.0896. The Bertz CT molecular complexity index is 1750. The molecule has 0 saturated carbocycles. The lowest BCUT2D eigenvalue weighted by molar-refractivity contribution is -0.141. The van der Waals surface area contributed by atoms with Crippen LogP contribution < -0.4 is 10.6 Å². The van der Waals surface area contributed by atoms with Gasteiger partial charge in [-0.25, -0.2) is 4.79 Å². The highest BCUT2D eigenvalue weighted by Crippen LogP contribution is 2.29. The van der Waals surface area contributed by atoms with Crippen LogP contribution in [-0.2, 0) is 36.9 Å². The molecule has 3 amide bonds. The van der Waals surface area contributed by atoms with E-state index in [2.05, 4.69) is 56.3 Å². The summed E-state index contributed by atoms with van der Waals surface area (Å²) < 4.78 is 5.33. The van der Waals surface area contributed by atoms with Crippen molar-refractivity contribution in [2.75, 3.05) is 19.6 Å². The molecule has 1 saturated heterocycles. The van der Waals surface area contributed by atoms with Gasteiger partial charge in [-0.05, 0) is 80.8 Å². The number of allylic oxidation sites excluding steroid dienone is 1. The van der Waals surface area contributed by atoms with Gasteiger partial charge in [0.05, 0.1) is 29.5 Å². The number of ether oxygens (including phenoxy) is 1. The van der Waals surface area contributed by atoms with Crippen LogP contribution in [0.3, 0.4) is 0 Å². The zero-order valence-corrected chi connectivity index (χ0v) is 37.2. The number of nitrogens with one attached hydrogen (secondary N) is 2. The molecule has 11 heteroatoms. The van der Waals surface area contributed by atoms with E-state index in [1.807, 2.05) is 74.5 Å². The Labute approximate surface area is 357 Å². The summed E-state index contributed by atoms with van der Waals surface area (Å²) in [5.74, 6) is -1.12. The molecule has 0 aliphatic carbocycles. The van der Waals surface area contributed by atoms with Gasteiger partial charge >= 0.3 is 6.09 Å². The van der Waals surface area contributed by atoms with Crippen LogP contribution in [0.4, 0.5) is 4.79 Å². The molecule has 0 radical (unpaired) electrons. The van der Waals surface area contributed by atoms with Crippen molar-refractivity contribution in [1.29, 1.82) is 0 Å². The number of alkyl carbamates (subject to hydrolysis) is 1. The summed E-state index contributed by atoms with van der Waals surface area (Å²) in [5.41, 5.74) is 3.12. The number of carbonyl (C=O) groups is 5. The Hall–Kier alpha value is -4.25. The number of nitrogens with zero attached hydrogens (tertiary/aromatic N) is 2. The first-order valence-corrected chi connectivity index (χ1v) is 22.6. The summed E-state index contributed by atoms with van der Waals surface area (Å²) in [6.07, 6.45) is 6.16. The van der Waals surface area contributed by atoms with E-state index < -0.39 is 30.0 Å². The number of Topliss-reactive ketones (excluding diaryl/α,β-unsaturated/α-hetero) is 2. The minimum atomic E-state index is -0.821. The van der Waals surface area contributed by atoms with E-state index in [9.17, 15) is 24.0 Å². The number of hydrogen-bond acceptors (Lipinski definition) is 8. The average Bonchev–Trinajstić information content (AvgIpc) is 3.70. The Morgan fingerprint density at radius 2 is 1.63 bits per heavy atom. The molecule has 6 atom stereocenters. The van der Waals surface area contributed by atoms with E-state index in [0.29, 0.717) is 55.9 Å². The smallest absolute Gasteiger partial charge is 0.407 e. The molecule has 0 spiro atoms. The van der Waals surface area contributed by atoms with E-state index in [1.54, 1.807) is 16.7 Å². The maximum atomic E-state index is 14.4. The number of hydrogen-bond donors (Lipinski definition) is 2. The minimum absolute atomic E-state index is 0.0304. The first kappa shape index (κ1) is 47.4. The lowest BCUT2D eigenvalue weighted by atomic mass is 9.86. The van der Waals surface area contributed by atoms with Gasteiger partial charge in [-0.2, -0.15) is 0 Å². The van der Waals surface area contributed by atoms with Gasteiger partial charge in [-0.1, -0.05) is 114 Å². The Kier molecular flexibility index (Phi) is 19.4. The zero-order valence-electron chi connectivity index (χ0n) is 36.4. The van der Waals surface area contributed by atoms with Crippen LogP contribution in [-0.4, -0.2) is 76.4 Å².